The average molecular weight is 329 g/mol. The zero-order valence-electron chi connectivity index (χ0n) is 14.2. The molecule has 0 spiro atoms. The van der Waals surface area contributed by atoms with Crippen molar-refractivity contribution in [2.24, 2.45) is 13.0 Å². The normalized spacial score (nSPS) is 13.1. The molecule has 24 heavy (non-hydrogen) atoms. The number of hydrogen-bond acceptors (Lipinski definition) is 4. The monoisotopic (exact) mass is 329 g/mol. The molecule has 2 rings (SSSR count). The SMILES string of the molecule is CC[C@@H](C)[C@H](NC(=O)c1ccccc1)C(=O)NCc1ncnn1C. The van der Waals surface area contributed by atoms with Crippen LogP contribution in [0.15, 0.2) is 36.7 Å². The van der Waals surface area contributed by atoms with Crippen LogP contribution in [0.25, 0.3) is 0 Å². The van der Waals surface area contributed by atoms with Crippen LogP contribution in [0.5, 0.6) is 0 Å². The topological polar surface area (TPSA) is 88.9 Å². The van der Waals surface area contributed by atoms with Crippen molar-refractivity contribution in [2.45, 2.75) is 32.9 Å². The van der Waals surface area contributed by atoms with E-state index in [9.17, 15) is 9.59 Å². The summed E-state index contributed by atoms with van der Waals surface area (Å²) in [5.74, 6) is 0.184. The zero-order chi connectivity index (χ0) is 17.5. The van der Waals surface area contributed by atoms with E-state index in [2.05, 4.69) is 20.7 Å². The number of nitrogens with one attached hydrogen (secondary N) is 2. The Balaban J connectivity index is 2.03. The molecule has 2 aromatic rings. The molecule has 0 saturated heterocycles. The van der Waals surface area contributed by atoms with Gasteiger partial charge in [0.1, 0.15) is 18.2 Å². The Labute approximate surface area is 141 Å². The second-order valence-corrected chi connectivity index (χ2v) is 5.72. The summed E-state index contributed by atoms with van der Waals surface area (Å²) in [6, 6.07) is 8.27. The predicted octanol–water partition coefficient (Wildman–Crippen LogP) is 1.28. The highest BCUT2D eigenvalue weighted by atomic mass is 16.2. The van der Waals surface area contributed by atoms with Gasteiger partial charge < -0.3 is 10.6 Å². The van der Waals surface area contributed by atoms with Gasteiger partial charge in [0.2, 0.25) is 5.91 Å². The van der Waals surface area contributed by atoms with Crippen molar-refractivity contribution in [1.29, 1.82) is 0 Å². The Kier molecular flexibility index (Phi) is 6.06. The van der Waals surface area contributed by atoms with Gasteiger partial charge in [0.15, 0.2) is 0 Å². The first-order chi connectivity index (χ1) is 11.5. The minimum atomic E-state index is -0.601. The third-order valence-corrected chi connectivity index (χ3v) is 4.04. The van der Waals surface area contributed by atoms with Gasteiger partial charge in [-0.1, -0.05) is 38.5 Å². The van der Waals surface area contributed by atoms with Crippen molar-refractivity contribution in [1.82, 2.24) is 25.4 Å². The molecule has 0 unspecified atom stereocenters. The molecular formula is C17H23N5O2. The van der Waals surface area contributed by atoms with E-state index < -0.39 is 6.04 Å². The number of aromatic nitrogens is 3. The molecule has 7 heteroatoms. The molecule has 0 saturated carbocycles. The molecule has 2 atom stereocenters. The van der Waals surface area contributed by atoms with Crippen LogP contribution in [0, 0.1) is 5.92 Å². The number of amides is 2. The number of hydrogen-bond donors (Lipinski definition) is 2. The lowest BCUT2D eigenvalue weighted by atomic mass is 9.98. The summed E-state index contributed by atoms with van der Waals surface area (Å²) < 4.78 is 1.60. The number of nitrogens with zero attached hydrogens (tertiary/aromatic N) is 3. The molecule has 2 N–H and O–H groups in total. The minimum Gasteiger partial charge on any atom is -0.347 e. The summed E-state index contributed by atoms with van der Waals surface area (Å²) in [5.41, 5.74) is 0.534. The van der Waals surface area contributed by atoms with Crippen molar-refractivity contribution in [2.75, 3.05) is 0 Å². The molecule has 1 aromatic carbocycles. The van der Waals surface area contributed by atoms with E-state index in [1.807, 2.05) is 19.9 Å². The van der Waals surface area contributed by atoms with Crippen molar-refractivity contribution in [3.8, 4) is 0 Å². The van der Waals surface area contributed by atoms with Crippen molar-refractivity contribution in [3.05, 3.63) is 48.0 Å². The summed E-state index contributed by atoms with van der Waals surface area (Å²) in [6.07, 6.45) is 2.21. The van der Waals surface area contributed by atoms with Crippen LogP contribution in [0.3, 0.4) is 0 Å². The van der Waals surface area contributed by atoms with Crippen LogP contribution in [-0.4, -0.2) is 32.6 Å². The van der Waals surface area contributed by atoms with Crippen LogP contribution in [0.4, 0.5) is 0 Å². The van der Waals surface area contributed by atoms with E-state index in [0.29, 0.717) is 11.4 Å². The highest BCUT2D eigenvalue weighted by Crippen LogP contribution is 2.10. The van der Waals surface area contributed by atoms with E-state index in [1.165, 1.54) is 6.33 Å². The Morgan fingerprint density at radius 2 is 1.96 bits per heavy atom. The van der Waals surface area contributed by atoms with Gasteiger partial charge in [0.25, 0.3) is 5.91 Å². The van der Waals surface area contributed by atoms with E-state index in [-0.39, 0.29) is 24.3 Å². The zero-order valence-corrected chi connectivity index (χ0v) is 14.2. The van der Waals surface area contributed by atoms with Crippen molar-refractivity contribution in [3.63, 3.8) is 0 Å². The molecule has 1 aromatic heterocycles. The molecule has 1 heterocycles. The number of aryl methyl sites for hydroxylation is 1. The molecule has 0 radical (unpaired) electrons. The summed E-state index contributed by atoms with van der Waals surface area (Å²) in [5, 5.41) is 9.62. The number of benzene rings is 1. The lowest BCUT2D eigenvalue weighted by Gasteiger charge is -2.23. The summed E-state index contributed by atoms with van der Waals surface area (Å²) in [7, 11) is 1.76. The quantitative estimate of drug-likeness (QED) is 0.801. The van der Waals surface area contributed by atoms with Gasteiger partial charge in [-0.3, -0.25) is 14.3 Å². The van der Waals surface area contributed by atoms with Crippen molar-refractivity contribution >= 4 is 11.8 Å². The Morgan fingerprint density at radius 3 is 2.54 bits per heavy atom. The number of carbonyl (C=O) groups excluding carboxylic acids is 2. The number of carbonyl (C=O) groups is 2. The predicted molar refractivity (Wildman–Crippen MR) is 90.0 cm³/mol. The van der Waals surface area contributed by atoms with E-state index in [0.717, 1.165) is 6.42 Å². The van der Waals surface area contributed by atoms with Crippen LogP contribution in [0.1, 0.15) is 36.5 Å². The molecule has 128 valence electrons. The maximum atomic E-state index is 12.5. The van der Waals surface area contributed by atoms with Gasteiger partial charge >= 0.3 is 0 Å². The minimum absolute atomic E-state index is 0.0113. The van der Waals surface area contributed by atoms with Gasteiger partial charge in [-0.2, -0.15) is 5.10 Å². The summed E-state index contributed by atoms with van der Waals surface area (Å²) in [4.78, 5) is 29.0. The Morgan fingerprint density at radius 1 is 1.25 bits per heavy atom. The smallest absolute Gasteiger partial charge is 0.251 e. The first kappa shape index (κ1) is 17.7. The average Bonchev–Trinajstić information content (AvgIpc) is 3.02. The van der Waals surface area contributed by atoms with Crippen LogP contribution < -0.4 is 10.6 Å². The lowest BCUT2D eigenvalue weighted by Crippen LogP contribution is -2.50. The van der Waals surface area contributed by atoms with E-state index >= 15 is 0 Å². The maximum absolute atomic E-state index is 12.5. The lowest BCUT2D eigenvalue weighted by molar-refractivity contribution is -0.124. The van der Waals surface area contributed by atoms with Crippen LogP contribution >= 0.6 is 0 Å². The highest BCUT2D eigenvalue weighted by Gasteiger charge is 2.26. The molecular weight excluding hydrogens is 306 g/mol. The molecule has 0 aliphatic rings. The van der Waals surface area contributed by atoms with Crippen molar-refractivity contribution < 1.29 is 9.59 Å². The second kappa shape index (κ2) is 8.24. The van der Waals surface area contributed by atoms with E-state index in [4.69, 9.17) is 0 Å². The highest BCUT2D eigenvalue weighted by molar-refractivity contribution is 5.97. The Bertz CT molecular complexity index is 683. The van der Waals surface area contributed by atoms with Gasteiger partial charge in [-0.15, -0.1) is 0 Å². The molecule has 0 bridgehead atoms. The summed E-state index contributed by atoms with van der Waals surface area (Å²) in [6.45, 7) is 4.20. The van der Waals surface area contributed by atoms with Gasteiger partial charge in [0, 0.05) is 12.6 Å². The third kappa shape index (κ3) is 4.41. The fourth-order valence-electron chi connectivity index (χ4n) is 2.27. The van der Waals surface area contributed by atoms with E-state index in [1.54, 1.807) is 36.0 Å². The number of rotatable bonds is 7. The van der Waals surface area contributed by atoms with Crippen LogP contribution in [-0.2, 0) is 18.4 Å². The Hall–Kier alpha value is -2.70. The fourth-order valence-corrected chi connectivity index (χ4v) is 2.27. The molecule has 2 amide bonds. The molecule has 0 aliphatic heterocycles. The standard InChI is InChI=1S/C17H23N5O2/c1-4-12(2)15(21-16(23)13-8-6-5-7-9-13)17(24)18-10-14-19-11-20-22(14)3/h5-9,11-12,15H,4,10H2,1-3H3,(H,18,24)(H,21,23)/t12-,15+/m1/s1. The second-order valence-electron chi connectivity index (χ2n) is 5.72. The third-order valence-electron chi connectivity index (χ3n) is 4.04. The molecule has 0 aliphatic carbocycles. The molecule has 0 fully saturated rings. The van der Waals surface area contributed by atoms with Gasteiger partial charge in [-0.05, 0) is 18.1 Å². The fraction of sp³-hybridized carbons (Fsp3) is 0.412. The largest absolute Gasteiger partial charge is 0.347 e. The summed E-state index contributed by atoms with van der Waals surface area (Å²) >= 11 is 0. The van der Waals surface area contributed by atoms with Crippen LogP contribution in [0.2, 0.25) is 0 Å². The maximum Gasteiger partial charge on any atom is 0.251 e. The first-order valence-electron chi connectivity index (χ1n) is 7.99. The molecule has 7 nitrogen and oxygen atoms in total. The first-order valence-corrected chi connectivity index (χ1v) is 7.99. The van der Waals surface area contributed by atoms with Gasteiger partial charge in [-0.25, -0.2) is 4.98 Å². The van der Waals surface area contributed by atoms with Gasteiger partial charge in [0.05, 0.1) is 6.54 Å².